The Morgan fingerprint density at radius 3 is 2.16 bits per heavy atom. The lowest BCUT2D eigenvalue weighted by molar-refractivity contribution is -0.130. The first-order valence-corrected chi connectivity index (χ1v) is 8.81. The number of carboxylic acids is 1. The highest BCUT2D eigenvalue weighted by Gasteiger charge is 2.13. The van der Waals surface area contributed by atoms with Crippen LogP contribution in [0.1, 0.15) is 11.1 Å². The number of rotatable bonds is 6. The second-order valence-electron chi connectivity index (χ2n) is 5.46. The van der Waals surface area contributed by atoms with Gasteiger partial charge in [0.05, 0.1) is 10.5 Å². The van der Waals surface area contributed by atoms with Gasteiger partial charge in [-0.25, -0.2) is 4.79 Å². The number of hydrogen-bond donors (Lipinski definition) is 1. The third kappa shape index (κ3) is 5.02. The molecule has 0 bridgehead atoms. The Hall–Kier alpha value is -2.93. The van der Waals surface area contributed by atoms with E-state index in [2.05, 4.69) is 4.40 Å². The van der Waals surface area contributed by atoms with Gasteiger partial charge in [0.15, 0.2) is 0 Å². The van der Waals surface area contributed by atoms with Gasteiger partial charge in [-0.1, -0.05) is 42.5 Å². The van der Waals surface area contributed by atoms with Gasteiger partial charge in [-0.3, -0.25) is 0 Å². The van der Waals surface area contributed by atoms with E-state index in [-0.39, 0.29) is 10.5 Å². The molecule has 0 radical (unpaired) electrons. The fraction of sp³-hybridized carbons (Fsp3) is 0.111. The molecule has 2 aromatic rings. The Morgan fingerprint density at radius 1 is 1.04 bits per heavy atom. The monoisotopic (exact) mass is 358 g/mol. The minimum atomic E-state index is -3.78. The lowest BCUT2D eigenvalue weighted by Crippen LogP contribution is -2.10. The van der Waals surface area contributed by atoms with E-state index in [9.17, 15) is 18.3 Å². The van der Waals surface area contributed by atoms with Crippen LogP contribution in [0.3, 0.4) is 0 Å². The molecule has 2 aromatic carbocycles. The smallest absolute Gasteiger partial charge is 0.336 e. The maximum atomic E-state index is 12.1. The molecule has 0 aromatic heterocycles. The summed E-state index contributed by atoms with van der Waals surface area (Å²) in [6.07, 6.45) is 2.71. The summed E-state index contributed by atoms with van der Waals surface area (Å²) in [5.74, 6) is -1.06. The molecule has 0 aliphatic carbocycles. The Balaban J connectivity index is 2.34. The van der Waals surface area contributed by atoms with Crippen LogP contribution in [-0.2, 0) is 14.8 Å². The van der Waals surface area contributed by atoms with Crippen LogP contribution in [0.4, 0.5) is 0 Å². The molecule has 1 N–H and O–H groups in total. The predicted octanol–water partition coefficient (Wildman–Crippen LogP) is 2.59. The van der Waals surface area contributed by atoms with E-state index >= 15 is 0 Å². The number of hydrogen-bond acceptors (Lipinski definition) is 3. The van der Waals surface area contributed by atoms with Crippen LogP contribution in [0.2, 0.25) is 0 Å². The van der Waals surface area contributed by atoms with Crippen LogP contribution in [0.15, 0.2) is 63.9 Å². The van der Waals surface area contributed by atoms with Crippen molar-refractivity contribution >= 4 is 34.0 Å². The number of aliphatic carboxylic acids is 1. The van der Waals surface area contributed by atoms with E-state index in [0.29, 0.717) is 11.1 Å². The minimum absolute atomic E-state index is 0.0411. The molecule has 0 saturated carbocycles. The average Bonchev–Trinajstić information content (AvgIpc) is 2.59. The summed E-state index contributed by atoms with van der Waals surface area (Å²) in [5, 5.41) is 9.41. The Bertz CT molecular complexity index is 900. The molecule has 7 heteroatoms. The molecule has 0 unspecified atom stereocenters. The fourth-order valence-electron chi connectivity index (χ4n) is 2.01. The zero-order valence-electron chi connectivity index (χ0n) is 13.8. The topological polar surface area (TPSA) is 87.0 Å². The summed E-state index contributed by atoms with van der Waals surface area (Å²) in [7, 11) is -0.437. The SMILES string of the molecule is CN(C)/C=N/S(=O)(=O)c1ccc(/C=C(/C(=O)O)c2ccccc2)cc1. The van der Waals surface area contributed by atoms with Crippen molar-refractivity contribution in [2.75, 3.05) is 14.1 Å². The Labute approximate surface area is 146 Å². The van der Waals surface area contributed by atoms with Crippen LogP contribution in [0.5, 0.6) is 0 Å². The van der Waals surface area contributed by atoms with Crippen LogP contribution >= 0.6 is 0 Å². The zero-order valence-corrected chi connectivity index (χ0v) is 14.6. The summed E-state index contributed by atoms with van der Waals surface area (Å²) >= 11 is 0. The summed E-state index contributed by atoms with van der Waals surface area (Å²) in [5.41, 5.74) is 1.28. The fourth-order valence-corrected chi connectivity index (χ4v) is 2.92. The van der Waals surface area contributed by atoms with Crippen molar-refractivity contribution < 1.29 is 18.3 Å². The van der Waals surface area contributed by atoms with Gasteiger partial charge in [0, 0.05) is 14.1 Å². The molecular formula is C18H18N2O4S. The molecule has 0 aliphatic heterocycles. The quantitative estimate of drug-likeness (QED) is 0.371. The third-order valence-corrected chi connectivity index (χ3v) is 4.46. The van der Waals surface area contributed by atoms with Gasteiger partial charge >= 0.3 is 5.97 Å². The number of benzene rings is 2. The first-order valence-electron chi connectivity index (χ1n) is 7.37. The molecule has 0 spiro atoms. The molecule has 0 aliphatic rings. The number of carbonyl (C=O) groups is 1. The molecule has 6 nitrogen and oxygen atoms in total. The van der Waals surface area contributed by atoms with Gasteiger partial charge in [-0.2, -0.15) is 8.42 Å². The van der Waals surface area contributed by atoms with E-state index in [1.54, 1.807) is 56.6 Å². The number of sulfonamides is 1. The maximum Gasteiger partial charge on any atom is 0.336 e. The largest absolute Gasteiger partial charge is 0.478 e. The lowest BCUT2D eigenvalue weighted by Gasteiger charge is -2.05. The first kappa shape index (κ1) is 18.4. The first-order chi connectivity index (χ1) is 11.8. The van der Waals surface area contributed by atoms with Gasteiger partial charge in [0.25, 0.3) is 10.0 Å². The molecular weight excluding hydrogens is 340 g/mol. The van der Waals surface area contributed by atoms with E-state index in [0.717, 1.165) is 0 Å². The summed E-state index contributed by atoms with van der Waals surface area (Å²) < 4.78 is 27.7. The molecule has 0 amide bonds. The Kier molecular flexibility index (Phi) is 5.71. The van der Waals surface area contributed by atoms with Crippen molar-refractivity contribution in [2.24, 2.45) is 4.40 Å². The van der Waals surface area contributed by atoms with Crippen molar-refractivity contribution in [3.63, 3.8) is 0 Å². The highest BCUT2D eigenvalue weighted by Crippen LogP contribution is 2.20. The van der Waals surface area contributed by atoms with E-state index in [4.69, 9.17) is 0 Å². The van der Waals surface area contributed by atoms with E-state index < -0.39 is 16.0 Å². The molecule has 0 fully saturated rings. The highest BCUT2D eigenvalue weighted by atomic mass is 32.2. The molecule has 2 rings (SSSR count). The Morgan fingerprint density at radius 2 is 1.64 bits per heavy atom. The standard InChI is InChI=1S/C18H18N2O4S/c1-20(2)13-19-25(23,24)16-10-8-14(9-11-16)12-17(18(21)22)15-6-4-3-5-7-15/h3-13H,1-2H3,(H,21,22)/b17-12+,19-13+. The molecule has 130 valence electrons. The summed E-state index contributed by atoms with van der Waals surface area (Å²) in [6.45, 7) is 0. The minimum Gasteiger partial charge on any atom is -0.478 e. The molecule has 0 saturated heterocycles. The van der Waals surface area contributed by atoms with Gasteiger partial charge in [-0.05, 0) is 29.3 Å². The third-order valence-electron chi connectivity index (χ3n) is 3.22. The average molecular weight is 358 g/mol. The molecule has 0 atom stereocenters. The van der Waals surface area contributed by atoms with Crippen LogP contribution < -0.4 is 0 Å². The molecule has 25 heavy (non-hydrogen) atoms. The summed E-state index contributed by atoms with van der Waals surface area (Å²) in [4.78, 5) is 13.1. The maximum absolute atomic E-state index is 12.1. The van der Waals surface area contributed by atoms with Crippen molar-refractivity contribution in [1.82, 2.24) is 4.90 Å². The van der Waals surface area contributed by atoms with E-state index in [1.807, 2.05) is 0 Å². The van der Waals surface area contributed by atoms with Crippen molar-refractivity contribution in [2.45, 2.75) is 4.90 Å². The van der Waals surface area contributed by atoms with Crippen molar-refractivity contribution in [3.8, 4) is 0 Å². The van der Waals surface area contributed by atoms with Crippen molar-refractivity contribution in [1.29, 1.82) is 0 Å². The highest BCUT2D eigenvalue weighted by molar-refractivity contribution is 7.90. The number of nitrogens with zero attached hydrogens (tertiary/aromatic N) is 2. The lowest BCUT2D eigenvalue weighted by atomic mass is 10.0. The van der Waals surface area contributed by atoms with Crippen LogP contribution in [0.25, 0.3) is 11.6 Å². The molecule has 0 heterocycles. The summed E-state index contributed by atoms with van der Waals surface area (Å²) in [6, 6.07) is 14.6. The van der Waals surface area contributed by atoms with Gasteiger partial charge < -0.3 is 10.0 Å². The van der Waals surface area contributed by atoms with Gasteiger partial charge in [-0.15, -0.1) is 4.40 Å². The van der Waals surface area contributed by atoms with Crippen LogP contribution in [0, 0.1) is 0 Å². The van der Waals surface area contributed by atoms with Gasteiger partial charge in [0.2, 0.25) is 0 Å². The normalized spacial score (nSPS) is 12.3. The second-order valence-corrected chi connectivity index (χ2v) is 7.09. The van der Waals surface area contributed by atoms with E-state index in [1.165, 1.54) is 29.4 Å². The van der Waals surface area contributed by atoms with Gasteiger partial charge in [0.1, 0.15) is 6.34 Å². The van der Waals surface area contributed by atoms with Crippen molar-refractivity contribution in [3.05, 3.63) is 65.7 Å². The predicted molar refractivity (Wildman–Crippen MR) is 97.8 cm³/mol. The second kappa shape index (κ2) is 7.76. The number of carboxylic acid groups (broad SMARTS) is 1. The zero-order chi connectivity index (χ0) is 18.4. The van der Waals surface area contributed by atoms with Crippen LogP contribution in [-0.4, -0.2) is 44.8 Å².